The van der Waals surface area contributed by atoms with Gasteiger partial charge in [-0.1, -0.05) is 13.0 Å². The predicted molar refractivity (Wildman–Crippen MR) is 103 cm³/mol. The highest BCUT2D eigenvalue weighted by atomic mass is 19.4. The van der Waals surface area contributed by atoms with Crippen LogP contribution in [0.1, 0.15) is 47.3 Å². The normalized spacial score (nSPS) is 12.2. The van der Waals surface area contributed by atoms with Crippen LogP contribution < -0.4 is 14.8 Å². The summed E-state index contributed by atoms with van der Waals surface area (Å²) >= 11 is 0. The van der Waals surface area contributed by atoms with Gasteiger partial charge in [-0.25, -0.2) is 0 Å². The number of ether oxygens (including phenoxy) is 2. The number of benzene rings is 2. The third-order valence-electron chi connectivity index (χ3n) is 4.21. The minimum absolute atomic E-state index is 0.0201. The molecule has 2 rings (SSSR count). The lowest BCUT2D eigenvalue weighted by Gasteiger charge is -2.19. The summed E-state index contributed by atoms with van der Waals surface area (Å²) in [5.74, 6) is -0.996. The van der Waals surface area contributed by atoms with Crippen molar-refractivity contribution >= 4 is 11.9 Å². The molecule has 162 valence electrons. The third kappa shape index (κ3) is 6.13. The van der Waals surface area contributed by atoms with Crippen molar-refractivity contribution in [1.82, 2.24) is 5.32 Å². The SMILES string of the molecule is CCCOc1ccc(C(CC(=O)O)NC(=O)c2ccc(C(F)(F)F)cc2)cc1OC. The monoisotopic (exact) mass is 425 g/mol. The summed E-state index contributed by atoms with van der Waals surface area (Å²) in [4.78, 5) is 23.8. The van der Waals surface area contributed by atoms with Crippen LogP contribution in [0.5, 0.6) is 11.5 Å². The Morgan fingerprint density at radius 2 is 1.77 bits per heavy atom. The van der Waals surface area contributed by atoms with Gasteiger partial charge in [0.1, 0.15) is 0 Å². The molecular formula is C21H22F3NO5. The lowest BCUT2D eigenvalue weighted by atomic mass is 10.0. The van der Waals surface area contributed by atoms with Gasteiger partial charge >= 0.3 is 12.1 Å². The van der Waals surface area contributed by atoms with Gasteiger partial charge < -0.3 is 19.9 Å². The fourth-order valence-electron chi connectivity index (χ4n) is 2.71. The van der Waals surface area contributed by atoms with Crippen molar-refractivity contribution in [2.24, 2.45) is 0 Å². The molecule has 9 heteroatoms. The maximum atomic E-state index is 12.7. The average molecular weight is 425 g/mol. The number of alkyl halides is 3. The Kier molecular flexibility index (Phi) is 7.68. The van der Waals surface area contributed by atoms with Gasteiger partial charge in [0.15, 0.2) is 11.5 Å². The molecule has 0 radical (unpaired) electrons. The minimum Gasteiger partial charge on any atom is -0.493 e. The van der Waals surface area contributed by atoms with E-state index < -0.39 is 36.1 Å². The summed E-state index contributed by atoms with van der Waals surface area (Å²) in [6.45, 7) is 2.42. The van der Waals surface area contributed by atoms with E-state index in [1.165, 1.54) is 7.11 Å². The molecule has 0 aliphatic heterocycles. The fourth-order valence-corrected chi connectivity index (χ4v) is 2.71. The number of amides is 1. The van der Waals surface area contributed by atoms with E-state index in [0.29, 0.717) is 23.7 Å². The highest BCUT2D eigenvalue weighted by Gasteiger charge is 2.30. The van der Waals surface area contributed by atoms with Crippen LogP contribution in [0.4, 0.5) is 13.2 Å². The van der Waals surface area contributed by atoms with E-state index >= 15 is 0 Å². The van der Waals surface area contributed by atoms with E-state index in [2.05, 4.69) is 5.32 Å². The zero-order valence-corrected chi connectivity index (χ0v) is 16.5. The van der Waals surface area contributed by atoms with Gasteiger partial charge in [0, 0.05) is 5.56 Å². The van der Waals surface area contributed by atoms with Gasteiger partial charge in [0.25, 0.3) is 5.91 Å². The summed E-state index contributed by atoms with van der Waals surface area (Å²) in [7, 11) is 1.44. The van der Waals surface area contributed by atoms with E-state index in [-0.39, 0.29) is 5.56 Å². The smallest absolute Gasteiger partial charge is 0.416 e. The molecular weight excluding hydrogens is 403 g/mol. The van der Waals surface area contributed by atoms with E-state index in [1.54, 1.807) is 18.2 Å². The molecule has 30 heavy (non-hydrogen) atoms. The number of carbonyl (C=O) groups excluding carboxylic acids is 1. The van der Waals surface area contributed by atoms with Crippen LogP contribution in [0.2, 0.25) is 0 Å². The molecule has 6 nitrogen and oxygen atoms in total. The minimum atomic E-state index is -4.51. The number of rotatable bonds is 9. The van der Waals surface area contributed by atoms with Crippen molar-refractivity contribution in [3.63, 3.8) is 0 Å². The first-order chi connectivity index (χ1) is 14.2. The van der Waals surface area contributed by atoms with E-state index in [0.717, 1.165) is 30.7 Å². The molecule has 0 aliphatic carbocycles. The lowest BCUT2D eigenvalue weighted by molar-refractivity contribution is -0.138. The Hall–Kier alpha value is -3.23. The molecule has 0 spiro atoms. The Morgan fingerprint density at radius 1 is 1.10 bits per heavy atom. The second-order valence-electron chi connectivity index (χ2n) is 6.46. The zero-order valence-electron chi connectivity index (χ0n) is 16.5. The molecule has 0 bridgehead atoms. The number of carboxylic acids is 1. The first-order valence-corrected chi connectivity index (χ1v) is 9.16. The van der Waals surface area contributed by atoms with Crippen molar-refractivity contribution < 1.29 is 37.3 Å². The van der Waals surface area contributed by atoms with Crippen LogP contribution in [0.15, 0.2) is 42.5 Å². The molecule has 1 unspecified atom stereocenters. The molecule has 0 saturated heterocycles. The first-order valence-electron chi connectivity index (χ1n) is 9.16. The average Bonchev–Trinajstić information content (AvgIpc) is 2.70. The van der Waals surface area contributed by atoms with Crippen molar-refractivity contribution in [3.8, 4) is 11.5 Å². The molecule has 1 amide bonds. The molecule has 0 aliphatic rings. The fraction of sp³-hybridized carbons (Fsp3) is 0.333. The molecule has 0 aromatic heterocycles. The molecule has 2 aromatic rings. The van der Waals surface area contributed by atoms with Crippen LogP contribution in [-0.2, 0) is 11.0 Å². The number of hydrogen-bond donors (Lipinski definition) is 2. The van der Waals surface area contributed by atoms with Crippen LogP contribution in [-0.4, -0.2) is 30.7 Å². The molecule has 1 atom stereocenters. The third-order valence-corrected chi connectivity index (χ3v) is 4.21. The van der Waals surface area contributed by atoms with Crippen molar-refractivity contribution in [2.45, 2.75) is 32.0 Å². The van der Waals surface area contributed by atoms with E-state index in [4.69, 9.17) is 9.47 Å². The van der Waals surface area contributed by atoms with Gasteiger partial charge in [-0.15, -0.1) is 0 Å². The summed E-state index contributed by atoms with van der Waals surface area (Å²) < 4.78 is 48.9. The summed E-state index contributed by atoms with van der Waals surface area (Å²) in [6.07, 6.45) is -4.15. The Labute approximate surface area is 171 Å². The van der Waals surface area contributed by atoms with Crippen LogP contribution >= 0.6 is 0 Å². The van der Waals surface area contributed by atoms with Crippen LogP contribution in [0.25, 0.3) is 0 Å². The highest BCUT2D eigenvalue weighted by Crippen LogP contribution is 2.32. The van der Waals surface area contributed by atoms with Gasteiger partial charge in [0.05, 0.1) is 31.7 Å². The molecule has 2 aromatic carbocycles. The number of hydrogen-bond acceptors (Lipinski definition) is 4. The van der Waals surface area contributed by atoms with Crippen molar-refractivity contribution in [2.75, 3.05) is 13.7 Å². The number of carbonyl (C=O) groups is 2. The Bertz CT molecular complexity index is 881. The number of methoxy groups -OCH3 is 1. The topological polar surface area (TPSA) is 84.9 Å². The molecule has 0 saturated carbocycles. The standard InChI is InChI=1S/C21H22F3NO5/c1-3-10-30-17-9-6-14(11-18(17)29-2)16(12-19(26)27)25-20(28)13-4-7-15(8-5-13)21(22,23)24/h4-9,11,16H,3,10,12H2,1-2H3,(H,25,28)(H,26,27). The van der Waals surface area contributed by atoms with Crippen LogP contribution in [0, 0.1) is 0 Å². The van der Waals surface area contributed by atoms with Gasteiger partial charge in [-0.3, -0.25) is 9.59 Å². The van der Waals surface area contributed by atoms with Gasteiger partial charge in [0.2, 0.25) is 0 Å². The zero-order chi connectivity index (χ0) is 22.3. The van der Waals surface area contributed by atoms with Crippen molar-refractivity contribution in [3.05, 3.63) is 59.2 Å². The second-order valence-corrected chi connectivity index (χ2v) is 6.46. The van der Waals surface area contributed by atoms with E-state index in [9.17, 15) is 27.9 Å². The molecule has 2 N–H and O–H groups in total. The van der Waals surface area contributed by atoms with Crippen LogP contribution in [0.3, 0.4) is 0 Å². The first kappa shape index (κ1) is 23.1. The summed E-state index contributed by atoms with van der Waals surface area (Å²) in [6, 6.07) is 7.53. The maximum absolute atomic E-state index is 12.7. The summed E-state index contributed by atoms with van der Waals surface area (Å²) in [5, 5.41) is 11.8. The molecule has 0 fully saturated rings. The Balaban J connectivity index is 2.25. The number of carboxylic acid groups (broad SMARTS) is 1. The number of nitrogens with one attached hydrogen (secondary N) is 1. The second kappa shape index (κ2) is 10.00. The van der Waals surface area contributed by atoms with E-state index in [1.807, 2.05) is 6.92 Å². The number of aliphatic carboxylic acids is 1. The highest BCUT2D eigenvalue weighted by molar-refractivity contribution is 5.94. The van der Waals surface area contributed by atoms with Gasteiger partial charge in [-0.05, 0) is 48.4 Å². The lowest BCUT2D eigenvalue weighted by Crippen LogP contribution is -2.30. The summed E-state index contributed by atoms with van der Waals surface area (Å²) in [5.41, 5.74) is -0.444. The predicted octanol–water partition coefficient (Wildman–Crippen LogP) is 4.45. The Morgan fingerprint density at radius 3 is 2.30 bits per heavy atom. The molecule has 0 heterocycles. The number of halogens is 3. The largest absolute Gasteiger partial charge is 0.493 e. The quantitative estimate of drug-likeness (QED) is 0.620. The van der Waals surface area contributed by atoms with Crippen molar-refractivity contribution in [1.29, 1.82) is 0 Å². The maximum Gasteiger partial charge on any atom is 0.416 e. The van der Waals surface area contributed by atoms with Gasteiger partial charge in [-0.2, -0.15) is 13.2 Å².